The molecule has 4 N–H and O–H groups in total. The number of carboxylic acid groups (broad SMARTS) is 1. The summed E-state index contributed by atoms with van der Waals surface area (Å²) in [6, 6.07) is -0.456. The van der Waals surface area contributed by atoms with Crippen molar-refractivity contribution in [1.29, 1.82) is 0 Å². The number of hydrogen-bond donors (Lipinski definition) is 4. The zero-order chi connectivity index (χ0) is 19.8. The van der Waals surface area contributed by atoms with Crippen LogP contribution in [0.2, 0.25) is 0 Å². The first kappa shape index (κ1) is 19.1. The van der Waals surface area contributed by atoms with Gasteiger partial charge in [0, 0.05) is 35.7 Å². The fraction of sp³-hybridized carbons (Fsp3) is 0.526. The molecular formula is C19H23ClFN5O2. The van der Waals surface area contributed by atoms with Crippen LogP contribution in [-0.4, -0.2) is 45.2 Å². The molecule has 1 aromatic heterocycles. The van der Waals surface area contributed by atoms with Crippen molar-refractivity contribution in [3.8, 4) is 0 Å². The number of nitrogens with zero attached hydrogens (tertiary/aromatic N) is 2. The molecule has 9 heteroatoms. The number of hydrogen-bond acceptors (Lipinski definition) is 6. The van der Waals surface area contributed by atoms with E-state index in [1.165, 1.54) is 0 Å². The summed E-state index contributed by atoms with van der Waals surface area (Å²) in [5.41, 5.74) is 1.52. The van der Waals surface area contributed by atoms with Crippen LogP contribution in [0.15, 0.2) is 24.5 Å². The topological polar surface area (TPSA) is 99.2 Å². The summed E-state index contributed by atoms with van der Waals surface area (Å²) in [5, 5.41) is 19.1. The third-order valence-electron chi connectivity index (χ3n) is 5.73. The third kappa shape index (κ3) is 3.58. The molecular weight excluding hydrogens is 385 g/mol. The van der Waals surface area contributed by atoms with Crippen LogP contribution >= 0.6 is 11.6 Å². The summed E-state index contributed by atoms with van der Waals surface area (Å²) in [7, 11) is 0. The number of aliphatic carboxylic acids is 1. The van der Waals surface area contributed by atoms with Gasteiger partial charge in [0.25, 0.3) is 0 Å². The average Bonchev–Trinajstić information content (AvgIpc) is 3.06. The molecule has 3 heterocycles. The minimum Gasteiger partial charge on any atom is -0.481 e. The highest BCUT2D eigenvalue weighted by Crippen LogP contribution is 2.36. The van der Waals surface area contributed by atoms with Crippen molar-refractivity contribution >= 4 is 29.0 Å². The Bertz CT molecular complexity index is 833. The van der Waals surface area contributed by atoms with Crippen LogP contribution in [0.4, 0.5) is 10.2 Å². The lowest BCUT2D eigenvalue weighted by Crippen LogP contribution is -2.49. The normalized spacial score (nSPS) is 32.3. The van der Waals surface area contributed by atoms with Crippen molar-refractivity contribution < 1.29 is 14.3 Å². The van der Waals surface area contributed by atoms with Gasteiger partial charge in [-0.1, -0.05) is 12.2 Å². The number of carbonyl (C=O) groups is 1. The second-order valence-electron chi connectivity index (χ2n) is 7.60. The van der Waals surface area contributed by atoms with Crippen molar-refractivity contribution in [3.63, 3.8) is 0 Å². The first-order chi connectivity index (χ1) is 13.4. The lowest BCUT2D eigenvalue weighted by Gasteiger charge is -2.32. The molecule has 150 valence electrons. The van der Waals surface area contributed by atoms with Crippen LogP contribution < -0.4 is 16.0 Å². The van der Waals surface area contributed by atoms with Gasteiger partial charge in [-0.15, -0.1) is 11.6 Å². The van der Waals surface area contributed by atoms with Gasteiger partial charge in [-0.2, -0.15) is 0 Å². The van der Waals surface area contributed by atoms with E-state index in [9.17, 15) is 14.3 Å². The summed E-state index contributed by atoms with van der Waals surface area (Å²) in [4.78, 5) is 20.2. The van der Waals surface area contributed by atoms with E-state index in [-0.39, 0.29) is 23.3 Å². The number of carboxylic acids is 1. The molecule has 2 aliphatic heterocycles. The van der Waals surface area contributed by atoms with Gasteiger partial charge in [0.2, 0.25) is 0 Å². The number of rotatable bonds is 4. The summed E-state index contributed by atoms with van der Waals surface area (Å²) in [6.45, 7) is 4.60. The lowest BCUT2D eigenvalue weighted by atomic mass is 9.81. The van der Waals surface area contributed by atoms with E-state index < -0.39 is 23.7 Å². The Labute approximate surface area is 167 Å². The fourth-order valence-electron chi connectivity index (χ4n) is 4.33. The summed E-state index contributed by atoms with van der Waals surface area (Å²) < 4.78 is 14.4. The molecule has 4 rings (SSSR count). The molecule has 0 radical (unpaired) electrons. The van der Waals surface area contributed by atoms with Crippen molar-refractivity contribution in [2.24, 2.45) is 11.8 Å². The zero-order valence-corrected chi connectivity index (χ0v) is 16.0. The molecule has 28 heavy (non-hydrogen) atoms. The van der Waals surface area contributed by atoms with Gasteiger partial charge in [-0.05, 0) is 25.7 Å². The predicted molar refractivity (Wildman–Crippen MR) is 104 cm³/mol. The van der Waals surface area contributed by atoms with Gasteiger partial charge in [0.15, 0.2) is 17.5 Å². The Kier molecular flexibility index (Phi) is 5.25. The summed E-state index contributed by atoms with van der Waals surface area (Å²) in [5.74, 6) is -1.80. The first-order valence-corrected chi connectivity index (χ1v) is 9.91. The third-order valence-corrected chi connectivity index (χ3v) is 6.07. The molecule has 0 aromatic carbocycles. The molecule has 7 nitrogen and oxygen atoms in total. The van der Waals surface area contributed by atoms with Gasteiger partial charge in [0.05, 0.1) is 18.3 Å². The van der Waals surface area contributed by atoms with Crippen molar-refractivity contribution in [3.05, 3.63) is 36.2 Å². The van der Waals surface area contributed by atoms with Crippen molar-refractivity contribution in [1.82, 2.24) is 20.6 Å². The van der Waals surface area contributed by atoms with E-state index in [1.54, 1.807) is 0 Å². The Morgan fingerprint density at radius 1 is 1.46 bits per heavy atom. The number of aromatic nitrogens is 2. The summed E-state index contributed by atoms with van der Waals surface area (Å²) in [6.07, 6.45) is 5.89. The molecule has 1 saturated heterocycles. The van der Waals surface area contributed by atoms with Gasteiger partial charge in [-0.25, -0.2) is 14.4 Å². The number of fused-ring (bicyclic) bond motifs is 1. The van der Waals surface area contributed by atoms with E-state index in [2.05, 4.69) is 32.5 Å². The highest BCUT2D eigenvalue weighted by Gasteiger charge is 2.38. The molecule has 0 spiro atoms. The lowest BCUT2D eigenvalue weighted by molar-refractivity contribution is -0.141. The van der Waals surface area contributed by atoms with Crippen LogP contribution in [0.25, 0.3) is 5.57 Å². The second-order valence-corrected chi connectivity index (χ2v) is 8.22. The van der Waals surface area contributed by atoms with Gasteiger partial charge >= 0.3 is 5.97 Å². The number of halogens is 2. The SMILES string of the molecule is C=C1CCCC(Nc2nc(C3=CNC4NCC(Cl)CC34)ncc2F)C1C(=O)O. The Balaban J connectivity index is 1.58. The molecule has 2 fully saturated rings. The smallest absolute Gasteiger partial charge is 0.312 e. The Morgan fingerprint density at radius 3 is 3.07 bits per heavy atom. The minimum absolute atomic E-state index is 0.00664. The zero-order valence-electron chi connectivity index (χ0n) is 15.3. The van der Waals surface area contributed by atoms with Crippen molar-refractivity contribution in [2.75, 3.05) is 11.9 Å². The highest BCUT2D eigenvalue weighted by atomic mass is 35.5. The molecule has 1 aromatic rings. The van der Waals surface area contributed by atoms with Gasteiger partial charge in [-0.3, -0.25) is 10.1 Å². The second kappa shape index (κ2) is 7.67. The number of nitrogens with one attached hydrogen (secondary N) is 3. The number of alkyl halides is 1. The average molecular weight is 408 g/mol. The van der Waals surface area contributed by atoms with Gasteiger partial charge < -0.3 is 15.7 Å². The van der Waals surface area contributed by atoms with E-state index in [0.717, 1.165) is 31.2 Å². The molecule has 5 atom stereocenters. The molecule has 1 saturated carbocycles. The van der Waals surface area contributed by atoms with Crippen LogP contribution in [0.3, 0.4) is 0 Å². The number of piperidine rings is 1. The van der Waals surface area contributed by atoms with E-state index in [4.69, 9.17) is 11.6 Å². The van der Waals surface area contributed by atoms with E-state index in [1.807, 2.05) is 6.20 Å². The van der Waals surface area contributed by atoms with E-state index >= 15 is 0 Å². The number of anilines is 1. The predicted octanol–water partition coefficient (Wildman–Crippen LogP) is 2.32. The Hall–Kier alpha value is -2.19. The highest BCUT2D eigenvalue weighted by molar-refractivity contribution is 6.20. The fourth-order valence-corrected chi connectivity index (χ4v) is 4.61. The molecule has 0 bridgehead atoms. The van der Waals surface area contributed by atoms with Crippen molar-refractivity contribution in [2.45, 2.75) is 43.3 Å². The van der Waals surface area contributed by atoms with Crippen LogP contribution in [0.5, 0.6) is 0 Å². The maximum Gasteiger partial charge on any atom is 0.312 e. The van der Waals surface area contributed by atoms with E-state index in [0.29, 0.717) is 24.2 Å². The largest absolute Gasteiger partial charge is 0.481 e. The molecule has 3 aliphatic rings. The van der Waals surface area contributed by atoms with Crippen LogP contribution in [-0.2, 0) is 4.79 Å². The standard InChI is InChI=1S/C19H23ClFN5O2/c1-9-3-2-4-14(15(9)19(27)28)25-18-13(21)8-24-17(26-18)12-7-23-16-11(12)5-10(20)6-22-16/h7-8,10-11,14-16,22-23H,1-6H2,(H,27,28)(H,24,25,26). The Morgan fingerprint density at radius 2 is 2.29 bits per heavy atom. The van der Waals surface area contributed by atoms with Gasteiger partial charge in [0.1, 0.15) is 0 Å². The quantitative estimate of drug-likeness (QED) is 0.449. The maximum absolute atomic E-state index is 14.4. The monoisotopic (exact) mass is 407 g/mol. The van der Waals surface area contributed by atoms with Crippen LogP contribution in [0, 0.1) is 17.7 Å². The molecule has 0 amide bonds. The van der Waals surface area contributed by atoms with Crippen LogP contribution in [0.1, 0.15) is 31.5 Å². The maximum atomic E-state index is 14.4. The minimum atomic E-state index is -0.955. The summed E-state index contributed by atoms with van der Waals surface area (Å²) >= 11 is 6.29. The first-order valence-electron chi connectivity index (χ1n) is 9.47. The molecule has 5 unspecified atom stereocenters. The molecule has 1 aliphatic carbocycles.